The molecule has 0 aromatic rings. The molecular formula is C34H67BrO14. The number of halogens is 1. The maximum absolute atomic E-state index is 12.0. The maximum Gasteiger partial charge on any atom is 0.308 e. The predicted molar refractivity (Wildman–Crippen MR) is 188 cm³/mol. The Labute approximate surface area is 303 Å². The van der Waals surface area contributed by atoms with E-state index in [1.165, 1.54) is 0 Å². The van der Waals surface area contributed by atoms with Crippen LogP contribution in [0.5, 0.6) is 0 Å². The lowest BCUT2D eigenvalue weighted by atomic mass is 10.00. The summed E-state index contributed by atoms with van der Waals surface area (Å²) in [5.74, 6) is -0.125. The third-order valence-corrected chi connectivity index (χ3v) is 6.84. The summed E-state index contributed by atoms with van der Waals surface area (Å²) in [4.78, 5) is 12.0. The van der Waals surface area contributed by atoms with Crippen molar-refractivity contribution in [2.45, 2.75) is 39.5 Å². The van der Waals surface area contributed by atoms with E-state index in [0.29, 0.717) is 159 Å². The van der Waals surface area contributed by atoms with E-state index in [2.05, 4.69) is 22.9 Å². The zero-order valence-electron chi connectivity index (χ0n) is 30.4. The summed E-state index contributed by atoms with van der Waals surface area (Å²) in [7, 11) is 0. The second kappa shape index (κ2) is 43.6. The number of unbranched alkanes of at least 4 members (excludes halogenated alkanes) is 1. The molecule has 0 aromatic carbocycles. The van der Waals surface area contributed by atoms with E-state index in [9.17, 15) is 4.79 Å². The largest absolute Gasteiger partial charge is 0.463 e. The second-order valence-corrected chi connectivity index (χ2v) is 11.2. The highest BCUT2D eigenvalue weighted by Gasteiger charge is 2.16. The van der Waals surface area contributed by atoms with Crippen molar-refractivity contribution in [3.8, 4) is 0 Å². The fourth-order valence-electron chi connectivity index (χ4n) is 3.83. The van der Waals surface area contributed by atoms with E-state index in [1.54, 1.807) is 0 Å². The third kappa shape index (κ3) is 40.1. The second-order valence-electron chi connectivity index (χ2n) is 10.5. The molecule has 0 N–H and O–H groups in total. The molecule has 0 heterocycles. The van der Waals surface area contributed by atoms with Crippen LogP contribution in [0.2, 0.25) is 0 Å². The Hall–Kier alpha value is -0.530. The molecule has 294 valence electrons. The molecule has 0 spiro atoms. The van der Waals surface area contributed by atoms with Gasteiger partial charge >= 0.3 is 5.97 Å². The number of alkyl halides is 1. The zero-order valence-corrected chi connectivity index (χ0v) is 32.0. The molecule has 0 saturated heterocycles. The Bertz CT molecular complexity index is 638. The lowest BCUT2D eigenvalue weighted by Gasteiger charge is -2.13. The summed E-state index contributed by atoms with van der Waals surface area (Å²) in [6.07, 6.45) is 3.83. The average molecular weight is 780 g/mol. The number of rotatable bonds is 43. The first kappa shape index (κ1) is 48.5. The quantitative estimate of drug-likeness (QED) is 0.0509. The van der Waals surface area contributed by atoms with Crippen molar-refractivity contribution in [2.75, 3.05) is 171 Å². The predicted octanol–water partition coefficient (Wildman–Crippen LogP) is 3.34. The summed E-state index contributed by atoms with van der Waals surface area (Å²) < 4.78 is 70.7. The van der Waals surface area contributed by atoms with Crippen molar-refractivity contribution in [3.63, 3.8) is 0 Å². The highest BCUT2D eigenvalue weighted by Crippen LogP contribution is 2.14. The zero-order chi connectivity index (χ0) is 35.6. The fourth-order valence-corrected chi connectivity index (χ4v) is 4.06. The molecule has 0 rings (SSSR count). The van der Waals surface area contributed by atoms with Crippen molar-refractivity contribution >= 4 is 21.9 Å². The minimum atomic E-state index is -0.121. The number of esters is 1. The molecule has 0 aromatic heterocycles. The molecule has 15 heteroatoms. The van der Waals surface area contributed by atoms with Crippen LogP contribution < -0.4 is 0 Å². The van der Waals surface area contributed by atoms with Gasteiger partial charge in [0.05, 0.1) is 164 Å². The highest BCUT2D eigenvalue weighted by molar-refractivity contribution is 9.09. The summed E-state index contributed by atoms with van der Waals surface area (Å²) in [6.45, 7) is 16.7. The third-order valence-electron chi connectivity index (χ3n) is 6.52. The average Bonchev–Trinajstić information content (AvgIpc) is 3.11. The van der Waals surface area contributed by atoms with E-state index in [1.807, 2.05) is 6.92 Å². The summed E-state index contributed by atoms with van der Waals surface area (Å²) in [6, 6.07) is 0. The van der Waals surface area contributed by atoms with Gasteiger partial charge in [-0.1, -0.05) is 42.6 Å². The summed E-state index contributed by atoms with van der Waals surface area (Å²) in [5.41, 5.74) is 0. The van der Waals surface area contributed by atoms with Gasteiger partial charge in [0.25, 0.3) is 0 Å². The first-order valence-electron chi connectivity index (χ1n) is 17.9. The van der Waals surface area contributed by atoms with E-state index in [4.69, 9.17) is 61.6 Å². The molecule has 0 fully saturated rings. The van der Waals surface area contributed by atoms with Crippen LogP contribution in [0.4, 0.5) is 0 Å². The molecule has 0 radical (unpaired) electrons. The molecule has 0 amide bonds. The van der Waals surface area contributed by atoms with Crippen LogP contribution in [0.15, 0.2) is 0 Å². The Morgan fingerprint density at radius 3 is 0.878 bits per heavy atom. The van der Waals surface area contributed by atoms with Crippen molar-refractivity contribution in [2.24, 2.45) is 5.92 Å². The van der Waals surface area contributed by atoms with E-state index >= 15 is 0 Å². The molecule has 49 heavy (non-hydrogen) atoms. The minimum Gasteiger partial charge on any atom is -0.463 e. The first-order chi connectivity index (χ1) is 24.3. The number of hydrogen-bond acceptors (Lipinski definition) is 14. The van der Waals surface area contributed by atoms with Gasteiger partial charge in [-0.2, -0.15) is 0 Å². The molecule has 0 aliphatic rings. The van der Waals surface area contributed by atoms with Crippen LogP contribution in [0.3, 0.4) is 0 Å². The van der Waals surface area contributed by atoms with Crippen molar-refractivity contribution in [3.05, 3.63) is 0 Å². The molecular weight excluding hydrogens is 712 g/mol. The topological polar surface area (TPSA) is 137 Å². The van der Waals surface area contributed by atoms with Gasteiger partial charge in [-0.05, 0) is 12.8 Å². The van der Waals surface area contributed by atoms with Crippen molar-refractivity contribution in [1.82, 2.24) is 0 Å². The smallest absolute Gasteiger partial charge is 0.308 e. The van der Waals surface area contributed by atoms with E-state index in [-0.39, 0.29) is 18.5 Å². The monoisotopic (exact) mass is 778 g/mol. The van der Waals surface area contributed by atoms with Gasteiger partial charge in [0.1, 0.15) is 6.61 Å². The number of carbonyl (C=O) groups is 1. The van der Waals surface area contributed by atoms with Crippen molar-refractivity contribution < 1.29 is 66.4 Å². The minimum absolute atomic E-state index is 0.00434. The van der Waals surface area contributed by atoms with Gasteiger partial charge < -0.3 is 61.6 Å². The van der Waals surface area contributed by atoms with Crippen LogP contribution in [0, 0.1) is 5.92 Å². The number of carbonyl (C=O) groups excluding carboxylic acids is 1. The molecule has 0 bridgehead atoms. The van der Waals surface area contributed by atoms with Gasteiger partial charge in [-0.3, -0.25) is 4.79 Å². The lowest BCUT2D eigenvalue weighted by molar-refractivity contribution is -0.150. The lowest BCUT2D eigenvalue weighted by Crippen LogP contribution is -2.20. The van der Waals surface area contributed by atoms with Gasteiger partial charge in [0.2, 0.25) is 0 Å². The first-order valence-corrected chi connectivity index (χ1v) is 19.0. The fraction of sp³-hybridized carbons (Fsp3) is 0.971. The maximum atomic E-state index is 12.0. The van der Waals surface area contributed by atoms with Gasteiger partial charge in [0, 0.05) is 5.33 Å². The summed E-state index contributed by atoms with van der Waals surface area (Å²) in [5, 5.41) is 0.835. The molecule has 0 aliphatic carbocycles. The van der Waals surface area contributed by atoms with Crippen molar-refractivity contribution in [1.29, 1.82) is 0 Å². The highest BCUT2D eigenvalue weighted by atomic mass is 79.9. The SMILES string of the molecule is CCCCC(CC)C(=O)OCCOCCOCCOCCOCCOCCOCCOCCOCCOCCOCCOCCOCCBr. The number of ether oxygens (including phenoxy) is 13. The Morgan fingerprint density at radius 2 is 0.653 bits per heavy atom. The number of hydrogen-bond donors (Lipinski definition) is 0. The normalized spacial score (nSPS) is 12.1. The van der Waals surface area contributed by atoms with Crippen LogP contribution in [0.1, 0.15) is 39.5 Å². The molecule has 0 saturated carbocycles. The molecule has 0 aliphatic heterocycles. The van der Waals surface area contributed by atoms with Crippen LogP contribution in [-0.4, -0.2) is 176 Å². The van der Waals surface area contributed by atoms with E-state index in [0.717, 1.165) is 31.0 Å². The van der Waals surface area contributed by atoms with Crippen LogP contribution in [-0.2, 0) is 66.4 Å². The van der Waals surface area contributed by atoms with Gasteiger partial charge in [-0.15, -0.1) is 0 Å². The molecule has 1 unspecified atom stereocenters. The van der Waals surface area contributed by atoms with Crippen LogP contribution >= 0.6 is 15.9 Å². The Balaban J connectivity index is 3.13. The van der Waals surface area contributed by atoms with Crippen LogP contribution in [0.25, 0.3) is 0 Å². The Kier molecular flexibility index (Phi) is 43.2. The molecule has 14 nitrogen and oxygen atoms in total. The molecule has 1 atom stereocenters. The standard InChI is InChI=1S/C34H67BrO14/c1-3-5-6-33(4-2)34(36)49-32-31-48-30-29-47-28-27-46-26-25-45-24-23-44-22-21-43-20-19-42-18-17-41-16-15-40-14-13-39-12-11-38-10-9-37-8-7-35/h33H,3-32H2,1-2H3. The Morgan fingerprint density at radius 1 is 0.408 bits per heavy atom. The van der Waals surface area contributed by atoms with E-state index < -0.39 is 0 Å². The van der Waals surface area contributed by atoms with Gasteiger partial charge in [0.15, 0.2) is 0 Å². The summed E-state index contributed by atoms with van der Waals surface area (Å²) >= 11 is 3.30. The van der Waals surface area contributed by atoms with Gasteiger partial charge in [-0.25, -0.2) is 0 Å².